The smallest absolute Gasteiger partial charge is 0.328 e. The molecule has 1 unspecified atom stereocenters. The van der Waals surface area contributed by atoms with E-state index in [1.54, 1.807) is 0 Å². The van der Waals surface area contributed by atoms with Gasteiger partial charge in [-0.05, 0) is 25.0 Å². The normalized spacial score (nSPS) is 21.9. The van der Waals surface area contributed by atoms with Crippen LogP contribution in [-0.2, 0) is 4.79 Å². The monoisotopic (exact) mass is 194 g/mol. The molecule has 0 aliphatic heterocycles. The van der Waals surface area contributed by atoms with Gasteiger partial charge in [0.1, 0.15) is 0 Å². The largest absolute Gasteiger partial charge is 0.512 e. The van der Waals surface area contributed by atoms with Crippen LogP contribution in [0.4, 0.5) is 0 Å². The molecule has 3 nitrogen and oxygen atoms in total. The molecule has 0 amide bonds. The minimum absolute atomic E-state index is 0.102. The number of aliphatic hydroxyl groups is 1. The molecule has 0 bridgehead atoms. The molecule has 14 heavy (non-hydrogen) atoms. The first-order valence-corrected chi connectivity index (χ1v) is 4.50. The minimum Gasteiger partial charge on any atom is -0.512 e. The number of rotatable bonds is 3. The van der Waals surface area contributed by atoms with Gasteiger partial charge in [0.2, 0.25) is 0 Å². The number of hydrogen-bond acceptors (Lipinski definition) is 2. The van der Waals surface area contributed by atoms with Crippen LogP contribution in [0.1, 0.15) is 19.8 Å². The fourth-order valence-electron chi connectivity index (χ4n) is 1.67. The van der Waals surface area contributed by atoms with Gasteiger partial charge in [0.15, 0.2) is 0 Å². The lowest BCUT2D eigenvalue weighted by atomic mass is 9.94. The predicted molar refractivity (Wildman–Crippen MR) is 54.0 cm³/mol. The second-order valence-corrected chi connectivity index (χ2v) is 3.51. The summed E-state index contributed by atoms with van der Waals surface area (Å²) in [5, 5.41) is 18.0. The van der Waals surface area contributed by atoms with E-state index in [0.29, 0.717) is 12.0 Å². The van der Waals surface area contributed by atoms with E-state index in [-0.39, 0.29) is 11.7 Å². The summed E-state index contributed by atoms with van der Waals surface area (Å²) < 4.78 is 0. The second-order valence-electron chi connectivity index (χ2n) is 3.51. The van der Waals surface area contributed by atoms with E-state index >= 15 is 0 Å². The number of aliphatic hydroxyl groups excluding tert-OH is 1. The molecule has 0 aromatic heterocycles. The van der Waals surface area contributed by atoms with E-state index in [9.17, 15) is 9.90 Å². The van der Waals surface area contributed by atoms with Gasteiger partial charge in [-0.1, -0.05) is 12.2 Å². The summed E-state index contributed by atoms with van der Waals surface area (Å²) >= 11 is 0. The van der Waals surface area contributed by atoms with Crippen LogP contribution in [0.2, 0.25) is 0 Å². The quantitative estimate of drug-likeness (QED) is 0.536. The molecule has 0 spiro atoms. The first kappa shape index (κ1) is 10.6. The SMILES string of the molecule is C=C(C)C1CCC(O)=C1/C=C/C(=O)O. The minimum atomic E-state index is -1.00. The highest BCUT2D eigenvalue weighted by Gasteiger charge is 2.23. The molecule has 3 heteroatoms. The number of allylic oxidation sites excluding steroid dienone is 4. The Balaban J connectivity index is 2.87. The van der Waals surface area contributed by atoms with E-state index in [4.69, 9.17) is 5.11 Å². The van der Waals surface area contributed by atoms with Crippen LogP contribution < -0.4 is 0 Å². The lowest BCUT2D eigenvalue weighted by molar-refractivity contribution is -0.131. The first-order valence-electron chi connectivity index (χ1n) is 4.50. The van der Waals surface area contributed by atoms with Crippen LogP contribution in [0.5, 0.6) is 0 Å². The lowest BCUT2D eigenvalue weighted by Gasteiger charge is -2.10. The van der Waals surface area contributed by atoms with Crippen molar-refractivity contribution in [3.05, 3.63) is 35.6 Å². The molecule has 1 aliphatic carbocycles. The van der Waals surface area contributed by atoms with E-state index in [1.165, 1.54) is 6.08 Å². The van der Waals surface area contributed by atoms with E-state index < -0.39 is 5.97 Å². The van der Waals surface area contributed by atoms with Crippen molar-refractivity contribution in [1.29, 1.82) is 0 Å². The van der Waals surface area contributed by atoms with Crippen molar-refractivity contribution in [2.45, 2.75) is 19.8 Å². The van der Waals surface area contributed by atoms with E-state index in [1.807, 2.05) is 6.92 Å². The number of carboxylic acids is 1. The number of carbonyl (C=O) groups is 1. The van der Waals surface area contributed by atoms with Crippen molar-refractivity contribution in [3.63, 3.8) is 0 Å². The number of hydrogen-bond donors (Lipinski definition) is 2. The molecule has 1 aliphatic rings. The van der Waals surface area contributed by atoms with Gasteiger partial charge in [-0.3, -0.25) is 0 Å². The Labute approximate surface area is 83.1 Å². The maximum Gasteiger partial charge on any atom is 0.328 e. The Morgan fingerprint density at radius 1 is 1.64 bits per heavy atom. The number of aliphatic carboxylic acids is 1. The standard InChI is InChI=1S/C11H14O3/c1-7(2)8-3-5-10(12)9(8)4-6-11(13)14/h4,6,8,12H,1,3,5H2,2H3,(H,13,14)/b6-4+. The maximum absolute atomic E-state index is 10.3. The third-order valence-corrected chi connectivity index (χ3v) is 2.38. The van der Waals surface area contributed by atoms with E-state index in [2.05, 4.69) is 6.58 Å². The van der Waals surface area contributed by atoms with Crippen LogP contribution in [0.25, 0.3) is 0 Å². The summed E-state index contributed by atoms with van der Waals surface area (Å²) in [6, 6.07) is 0. The van der Waals surface area contributed by atoms with Crippen molar-refractivity contribution in [2.75, 3.05) is 0 Å². The van der Waals surface area contributed by atoms with Gasteiger partial charge in [-0.25, -0.2) is 4.79 Å². The van der Waals surface area contributed by atoms with Crippen molar-refractivity contribution in [2.24, 2.45) is 5.92 Å². The fraction of sp³-hybridized carbons (Fsp3) is 0.364. The fourth-order valence-corrected chi connectivity index (χ4v) is 1.67. The Kier molecular flexibility index (Phi) is 3.12. The molecule has 76 valence electrons. The highest BCUT2D eigenvalue weighted by molar-refractivity contribution is 5.80. The van der Waals surface area contributed by atoms with Gasteiger partial charge < -0.3 is 10.2 Å². The van der Waals surface area contributed by atoms with Gasteiger partial charge in [0.05, 0.1) is 5.76 Å². The van der Waals surface area contributed by atoms with Gasteiger partial charge in [-0.2, -0.15) is 0 Å². The molecule has 1 rings (SSSR count). The molecule has 0 aromatic rings. The third kappa shape index (κ3) is 2.25. The Morgan fingerprint density at radius 3 is 2.79 bits per heavy atom. The van der Waals surface area contributed by atoms with Crippen LogP contribution in [0, 0.1) is 5.92 Å². The van der Waals surface area contributed by atoms with Crippen LogP contribution in [0.3, 0.4) is 0 Å². The first-order chi connectivity index (χ1) is 6.52. The number of carboxylic acid groups (broad SMARTS) is 1. The molecule has 0 saturated heterocycles. The predicted octanol–water partition coefficient (Wildman–Crippen LogP) is 2.43. The van der Waals surface area contributed by atoms with Gasteiger partial charge >= 0.3 is 5.97 Å². The molecular formula is C11H14O3. The van der Waals surface area contributed by atoms with E-state index in [0.717, 1.165) is 18.1 Å². The Bertz CT molecular complexity index is 323. The van der Waals surface area contributed by atoms with Gasteiger partial charge in [0.25, 0.3) is 0 Å². The average molecular weight is 194 g/mol. The molecule has 1 atom stereocenters. The van der Waals surface area contributed by atoms with Gasteiger partial charge in [0, 0.05) is 18.4 Å². The van der Waals surface area contributed by atoms with Crippen LogP contribution in [0.15, 0.2) is 35.6 Å². The highest BCUT2D eigenvalue weighted by atomic mass is 16.4. The molecule has 2 N–H and O–H groups in total. The summed E-state index contributed by atoms with van der Waals surface area (Å²) in [4.78, 5) is 10.3. The zero-order valence-corrected chi connectivity index (χ0v) is 8.16. The zero-order chi connectivity index (χ0) is 10.7. The summed E-state index contributed by atoms with van der Waals surface area (Å²) in [6.07, 6.45) is 3.94. The molecule has 0 fully saturated rings. The Morgan fingerprint density at radius 2 is 2.29 bits per heavy atom. The Hall–Kier alpha value is -1.51. The van der Waals surface area contributed by atoms with Gasteiger partial charge in [-0.15, -0.1) is 0 Å². The van der Waals surface area contributed by atoms with Crippen molar-refractivity contribution in [3.8, 4) is 0 Å². The molecular weight excluding hydrogens is 180 g/mol. The highest BCUT2D eigenvalue weighted by Crippen LogP contribution is 2.35. The lowest BCUT2D eigenvalue weighted by Crippen LogP contribution is -1.99. The van der Waals surface area contributed by atoms with Crippen molar-refractivity contribution >= 4 is 5.97 Å². The summed E-state index contributed by atoms with van der Waals surface area (Å²) in [6.45, 7) is 5.71. The average Bonchev–Trinajstić information content (AvgIpc) is 2.43. The zero-order valence-electron chi connectivity index (χ0n) is 8.16. The van der Waals surface area contributed by atoms with Crippen molar-refractivity contribution in [1.82, 2.24) is 0 Å². The molecule has 0 heterocycles. The summed E-state index contributed by atoms with van der Waals surface area (Å²) in [7, 11) is 0. The molecule has 0 saturated carbocycles. The topological polar surface area (TPSA) is 57.5 Å². The van der Waals surface area contributed by atoms with Crippen molar-refractivity contribution < 1.29 is 15.0 Å². The second kappa shape index (κ2) is 4.13. The van der Waals surface area contributed by atoms with Crippen LogP contribution >= 0.6 is 0 Å². The summed E-state index contributed by atoms with van der Waals surface area (Å²) in [5.41, 5.74) is 1.65. The maximum atomic E-state index is 10.3. The summed E-state index contributed by atoms with van der Waals surface area (Å²) in [5.74, 6) is -0.612. The molecule has 0 radical (unpaired) electrons. The molecule has 0 aromatic carbocycles. The third-order valence-electron chi connectivity index (χ3n) is 2.38. The van der Waals surface area contributed by atoms with Crippen LogP contribution in [-0.4, -0.2) is 16.2 Å².